The molecule has 3 saturated heterocycles. The van der Waals surface area contributed by atoms with Gasteiger partial charge in [0, 0.05) is 12.6 Å². The smallest absolute Gasteiger partial charge is 0.211 e. The molecule has 0 aliphatic carbocycles. The second kappa shape index (κ2) is 7.02. The lowest BCUT2D eigenvalue weighted by Gasteiger charge is -2.44. The van der Waals surface area contributed by atoms with Crippen LogP contribution in [-0.2, 0) is 10.0 Å². The first-order valence-corrected chi connectivity index (χ1v) is 9.19. The maximum Gasteiger partial charge on any atom is 0.211 e. The highest BCUT2D eigenvalue weighted by molar-refractivity contribution is 7.89. The Kier molecular flexibility index (Phi) is 5.62. The van der Waals surface area contributed by atoms with Crippen molar-refractivity contribution in [3.63, 3.8) is 0 Å². The first kappa shape index (κ1) is 15.2. The van der Waals surface area contributed by atoms with Crippen LogP contribution >= 0.6 is 0 Å². The van der Waals surface area contributed by atoms with Crippen LogP contribution in [0, 0.1) is 5.92 Å². The summed E-state index contributed by atoms with van der Waals surface area (Å²) in [5.74, 6) is 0.797. The monoisotopic (exact) mass is 289 g/mol. The fourth-order valence-corrected chi connectivity index (χ4v) is 4.45. The molecule has 0 aromatic rings. The number of piperidine rings is 3. The lowest BCUT2D eigenvalue weighted by Crippen LogP contribution is -2.57. The molecule has 3 aliphatic rings. The number of sulfonamides is 1. The molecule has 3 heterocycles. The van der Waals surface area contributed by atoms with Crippen LogP contribution in [0.1, 0.15) is 32.6 Å². The Balaban J connectivity index is 1.71. The molecular formula is C13H27N3O2S. The van der Waals surface area contributed by atoms with E-state index in [-0.39, 0.29) is 11.8 Å². The van der Waals surface area contributed by atoms with Crippen LogP contribution < -0.4 is 10.0 Å². The normalized spacial score (nSPS) is 30.7. The SMILES string of the molecule is CCCNCCCS(=O)(=O)NC1CN2CCC1CC2. The highest BCUT2D eigenvalue weighted by Gasteiger charge is 2.35. The van der Waals surface area contributed by atoms with Gasteiger partial charge in [0.25, 0.3) is 0 Å². The van der Waals surface area contributed by atoms with E-state index in [4.69, 9.17) is 0 Å². The molecule has 1 atom stereocenters. The lowest BCUT2D eigenvalue weighted by molar-refractivity contribution is 0.0827. The molecule has 19 heavy (non-hydrogen) atoms. The summed E-state index contributed by atoms with van der Waals surface area (Å²) in [5.41, 5.74) is 0. The molecule has 1 unspecified atom stereocenters. The number of hydrogen-bond acceptors (Lipinski definition) is 4. The van der Waals surface area contributed by atoms with E-state index in [2.05, 4.69) is 21.9 Å². The van der Waals surface area contributed by atoms with Crippen molar-refractivity contribution in [3.8, 4) is 0 Å². The summed E-state index contributed by atoms with van der Waals surface area (Å²) < 4.78 is 27.0. The predicted octanol–water partition coefficient (Wildman–Crippen LogP) is 0.390. The summed E-state index contributed by atoms with van der Waals surface area (Å²) in [6, 6.07) is 0.149. The van der Waals surface area contributed by atoms with Gasteiger partial charge < -0.3 is 10.2 Å². The molecule has 5 nitrogen and oxygen atoms in total. The molecule has 0 saturated carbocycles. The zero-order valence-corrected chi connectivity index (χ0v) is 12.7. The minimum Gasteiger partial charge on any atom is -0.317 e. The summed E-state index contributed by atoms with van der Waals surface area (Å²) in [4.78, 5) is 2.37. The molecular weight excluding hydrogens is 262 g/mol. The number of fused-ring (bicyclic) bond motifs is 3. The van der Waals surface area contributed by atoms with E-state index in [0.29, 0.717) is 12.3 Å². The van der Waals surface area contributed by atoms with Gasteiger partial charge in [0.2, 0.25) is 10.0 Å². The van der Waals surface area contributed by atoms with Gasteiger partial charge in [-0.05, 0) is 57.8 Å². The highest BCUT2D eigenvalue weighted by atomic mass is 32.2. The van der Waals surface area contributed by atoms with E-state index in [1.807, 2.05) is 0 Å². The van der Waals surface area contributed by atoms with E-state index < -0.39 is 10.0 Å². The Morgan fingerprint density at radius 2 is 1.95 bits per heavy atom. The molecule has 0 spiro atoms. The maximum absolute atomic E-state index is 12.1. The topological polar surface area (TPSA) is 61.4 Å². The first-order chi connectivity index (χ1) is 9.11. The molecule has 6 heteroatoms. The van der Waals surface area contributed by atoms with Gasteiger partial charge in [0.15, 0.2) is 0 Å². The fourth-order valence-electron chi connectivity index (χ4n) is 3.08. The van der Waals surface area contributed by atoms with Gasteiger partial charge in [-0.3, -0.25) is 0 Å². The third kappa shape index (κ3) is 4.70. The van der Waals surface area contributed by atoms with E-state index in [1.54, 1.807) is 0 Å². The van der Waals surface area contributed by atoms with Crippen molar-refractivity contribution in [3.05, 3.63) is 0 Å². The molecule has 112 valence electrons. The second-order valence-electron chi connectivity index (χ2n) is 5.78. The molecule has 3 rings (SSSR count). The molecule has 3 fully saturated rings. The first-order valence-electron chi connectivity index (χ1n) is 7.54. The van der Waals surface area contributed by atoms with Crippen molar-refractivity contribution in [1.29, 1.82) is 0 Å². The van der Waals surface area contributed by atoms with E-state index >= 15 is 0 Å². The standard InChI is InChI=1S/C13H27N3O2S/c1-2-6-14-7-3-10-19(17,18)15-13-11-16-8-4-12(13)5-9-16/h12-15H,2-11H2,1H3. The van der Waals surface area contributed by atoms with Gasteiger partial charge in [-0.15, -0.1) is 0 Å². The van der Waals surface area contributed by atoms with Crippen LogP contribution in [0.5, 0.6) is 0 Å². The van der Waals surface area contributed by atoms with Crippen LogP contribution in [0.2, 0.25) is 0 Å². The zero-order valence-electron chi connectivity index (χ0n) is 11.9. The summed E-state index contributed by atoms with van der Waals surface area (Å²) in [5, 5.41) is 3.24. The number of nitrogens with zero attached hydrogens (tertiary/aromatic N) is 1. The van der Waals surface area contributed by atoms with Gasteiger partial charge >= 0.3 is 0 Å². The maximum atomic E-state index is 12.1. The van der Waals surface area contributed by atoms with Crippen molar-refractivity contribution in [2.75, 3.05) is 38.5 Å². The minimum atomic E-state index is -3.11. The van der Waals surface area contributed by atoms with E-state index in [1.165, 1.54) is 0 Å². The molecule has 2 bridgehead atoms. The summed E-state index contributed by atoms with van der Waals surface area (Å²) in [6.07, 6.45) is 4.07. The highest BCUT2D eigenvalue weighted by Crippen LogP contribution is 2.27. The third-order valence-electron chi connectivity index (χ3n) is 4.18. The Bertz CT molecular complexity index is 364. The lowest BCUT2D eigenvalue weighted by atomic mass is 9.85. The minimum absolute atomic E-state index is 0.149. The molecule has 0 amide bonds. The molecule has 0 aromatic carbocycles. The zero-order chi connectivity index (χ0) is 13.7. The van der Waals surface area contributed by atoms with Crippen LogP contribution in [0.25, 0.3) is 0 Å². The van der Waals surface area contributed by atoms with Gasteiger partial charge in [-0.1, -0.05) is 6.92 Å². The average Bonchev–Trinajstić information content (AvgIpc) is 2.39. The Hall–Kier alpha value is -0.170. The van der Waals surface area contributed by atoms with Gasteiger partial charge in [-0.25, -0.2) is 13.1 Å². The van der Waals surface area contributed by atoms with Crippen LogP contribution in [0.15, 0.2) is 0 Å². The van der Waals surface area contributed by atoms with Crippen LogP contribution in [0.4, 0.5) is 0 Å². The molecule has 0 radical (unpaired) electrons. The number of nitrogens with one attached hydrogen (secondary N) is 2. The van der Waals surface area contributed by atoms with Gasteiger partial charge in [0.1, 0.15) is 0 Å². The van der Waals surface area contributed by atoms with Crippen LogP contribution in [-0.4, -0.2) is 57.8 Å². The number of hydrogen-bond donors (Lipinski definition) is 2. The van der Waals surface area contributed by atoms with Crippen molar-refractivity contribution in [1.82, 2.24) is 14.9 Å². The third-order valence-corrected chi connectivity index (χ3v) is 5.67. The van der Waals surface area contributed by atoms with Crippen molar-refractivity contribution in [2.24, 2.45) is 5.92 Å². The molecule has 2 N–H and O–H groups in total. The summed E-state index contributed by atoms with van der Waals surface area (Å²) in [7, 11) is -3.11. The second-order valence-corrected chi connectivity index (χ2v) is 7.66. The largest absolute Gasteiger partial charge is 0.317 e. The predicted molar refractivity (Wildman–Crippen MR) is 77.7 cm³/mol. The summed E-state index contributed by atoms with van der Waals surface area (Å²) in [6.45, 7) is 7.05. The van der Waals surface area contributed by atoms with Crippen molar-refractivity contribution >= 4 is 10.0 Å². The van der Waals surface area contributed by atoms with Crippen molar-refractivity contribution in [2.45, 2.75) is 38.6 Å². The number of rotatable bonds is 8. The van der Waals surface area contributed by atoms with E-state index in [0.717, 1.165) is 52.0 Å². The van der Waals surface area contributed by atoms with Gasteiger partial charge in [-0.2, -0.15) is 0 Å². The molecule has 3 aliphatic heterocycles. The Morgan fingerprint density at radius 3 is 2.53 bits per heavy atom. The van der Waals surface area contributed by atoms with E-state index in [9.17, 15) is 8.42 Å². The van der Waals surface area contributed by atoms with Gasteiger partial charge in [0.05, 0.1) is 5.75 Å². The fraction of sp³-hybridized carbons (Fsp3) is 1.00. The Morgan fingerprint density at radius 1 is 1.21 bits per heavy atom. The Labute approximate surface area is 117 Å². The molecule has 0 aromatic heterocycles. The van der Waals surface area contributed by atoms with Crippen LogP contribution in [0.3, 0.4) is 0 Å². The van der Waals surface area contributed by atoms with Crippen molar-refractivity contribution < 1.29 is 8.42 Å². The quantitative estimate of drug-likeness (QED) is 0.635. The average molecular weight is 289 g/mol. The summed E-state index contributed by atoms with van der Waals surface area (Å²) >= 11 is 0.